The Morgan fingerprint density at radius 3 is 2.46 bits per heavy atom. The average molecular weight is 395 g/mol. The minimum Gasteiger partial charge on any atom is -0.493 e. The smallest absolute Gasteiger partial charge is 0.315 e. The Morgan fingerprint density at radius 2 is 1.86 bits per heavy atom. The molecule has 1 heterocycles. The summed E-state index contributed by atoms with van der Waals surface area (Å²) < 4.78 is 21.3. The summed E-state index contributed by atoms with van der Waals surface area (Å²) in [4.78, 5) is 26.2. The van der Waals surface area contributed by atoms with Crippen LogP contribution < -0.4 is 25.0 Å². The number of hydrogen-bond donors (Lipinski definition) is 2. The largest absolute Gasteiger partial charge is 0.493 e. The first-order valence-electron chi connectivity index (χ1n) is 9.32. The lowest BCUT2D eigenvalue weighted by Gasteiger charge is -2.20. The second kappa shape index (κ2) is 10.7. The molecule has 1 aromatic carbocycles. The van der Waals surface area contributed by atoms with Gasteiger partial charge in [0.1, 0.15) is 0 Å². The third kappa shape index (κ3) is 5.74. The van der Waals surface area contributed by atoms with Crippen LogP contribution in [0.3, 0.4) is 0 Å². The Bertz CT molecular complexity index is 663. The molecule has 3 amide bonds. The number of carbonyl (C=O) groups excluding carboxylic acids is 2. The van der Waals surface area contributed by atoms with Gasteiger partial charge in [0.05, 0.1) is 26.8 Å². The fourth-order valence-electron chi connectivity index (χ4n) is 3.00. The van der Waals surface area contributed by atoms with Crippen LogP contribution >= 0.6 is 0 Å². The van der Waals surface area contributed by atoms with Crippen LogP contribution in [0.25, 0.3) is 0 Å². The van der Waals surface area contributed by atoms with Crippen LogP contribution in [0, 0.1) is 0 Å². The molecule has 2 rings (SSSR count). The minimum atomic E-state index is -0.491. The third-order valence-corrected chi connectivity index (χ3v) is 4.27. The lowest BCUT2D eigenvalue weighted by Crippen LogP contribution is -2.46. The van der Waals surface area contributed by atoms with Crippen molar-refractivity contribution in [3.8, 4) is 11.5 Å². The second-order valence-corrected chi connectivity index (χ2v) is 6.14. The maximum absolute atomic E-state index is 12.4. The summed E-state index contributed by atoms with van der Waals surface area (Å²) in [5.74, 6) is 1.06. The zero-order valence-electron chi connectivity index (χ0n) is 16.8. The van der Waals surface area contributed by atoms with Crippen molar-refractivity contribution in [3.63, 3.8) is 0 Å². The fraction of sp³-hybridized carbons (Fsp3) is 0.579. The monoisotopic (exact) mass is 395 g/mol. The molecule has 9 heteroatoms. The first-order chi connectivity index (χ1) is 13.5. The van der Waals surface area contributed by atoms with Gasteiger partial charge in [0, 0.05) is 37.9 Å². The molecule has 0 bridgehead atoms. The molecule has 1 fully saturated rings. The molecule has 0 aliphatic carbocycles. The van der Waals surface area contributed by atoms with Crippen LogP contribution in [0.2, 0.25) is 0 Å². The zero-order valence-corrected chi connectivity index (χ0v) is 16.8. The van der Waals surface area contributed by atoms with Gasteiger partial charge >= 0.3 is 6.03 Å². The number of benzene rings is 1. The molecule has 0 saturated carbocycles. The summed E-state index contributed by atoms with van der Waals surface area (Å²) in [5.41, 5.74) is 0.695. The summed E-state index contributed by atoms with van der Waals surface area (Å²) >= 11 is 0. The van der Waals surface area contributed by atoms with E-state index in [4.69, 9.17) is 18.9 Å². The standard InChI is InChI=1S/C19H29N3O6/c1-5-27-18(28-6-2)11-20-19(24)21-13-9-17(23)22(12-13)14-7-8-15(25-3)16(10-14)26-4/h7-8,10,13,18H,5-6,9,11-12H2,1-4H3,(H2,20,21,24)/t13-/m0/s1. The molecule has 2 N–H and O–H groups in total. The van der Waals surface area contributed by atoms with E-state index in [-0.39, 0.29) is 30.9 Å². The summed E-state index contributed by atoms with van der Waals surface area (Å²) in [6.45, 7) is 5.31. The first-order valence-corrected chi connectivity index (χ1v) is 9.32. The molecule has 0 unspecified atom stereocenters. The molecular formula is C19H29N3O6. The summed E-state index contributed by atoms with van der Waals surface area (Å²) in [5, 5.41) is 5.54. The quantitative estimate of drug-likeness (QED) is 0.583. The van der Waals surface area contributed by atoms with Crippen LogP contribution in [-0.4, -0.2) is 64.8 Å². The number of nitrogens with one attached hydrogen (secondary N) is 2. The Labute approximate surface area is 165 Å². The Morgan fingerprint density at radius 1 is 1.18 bits per heavy atom. The molecule has 28 heavy (non-hydrogen) atoms. The molecule has 1 aromatic rings. The number of carbonyl (C=O) groups is 2. The molecule has 1 aliphatic rings. The van der Waals surface area contributed by atoms with Crippen molar-refractivity contribution in [3.05, 3.63) is 18.2 Å². The average Bonchev–Trinajstić information content (AvgIpc) is 3.05. The SMILES string of the molecule is CCOC(CNC(=O)N[C@H]1CC(=O)N(c2ccc(OC)c(OC)c2)C1)OCC. The highest BCUT2D eigenvalue weighted by molar-refractivity contribution is 5.97. The van der Waals surface area contributed by atoms with E-state index in [0.29, 0.717) is 36.9 Å². The summed E-state index contributed by atoms with van der Waals surface area (Å²) in [7, 11) is 3.10. The molecule has 0 spiro atoms. The highest BCUT2D eigenvalue weighted by Crippen LogP contribution is 2.33. The van der Waals surface area contributed by atoms with E-state index in [1.54, 1.807) is 37.3 Å². The van der Waals surface area contributed by atoms with Crippen molar-refractivity contribution in [2.45, 2.75) is 32.6 Å². The fourth-order valence-corrected chi connectivity index (χ4v) is 3.00. The zero-order chi connectivity index (χ0) is 20.5. The lowest BCUT2D eigenvalue weighted by molar-refractivity contribution is -0.131. The molecule has 156 valence electrons. The Kier molecular flexibility index (Phi) is 8.34. The van der Waals surface area contributed by atoms with Crippen LogP contribution in [0.1, 0.15) is 20.3 Å². The van der Waals surface area contributed by atoms with Crippen molar-refractivity contribution in [2.75, 3.05) is 45.4 Å². The van der Waals surface area contributed by atoms with Gasteiger partial charge < -0.3 is 34.5 Å². The summed E-state index contributed by atoms with van der Waals surface area (Å²) in [6, 6.07) is 4.62. The van der Waals surface area contributed by atoms with Crippen LogP contribution in [0.4, 0.5) is 10.5 Å². The normalized spacial score (nSPS) is 16.4. The van der Waals surface area contributed by atoms with Gasteiger partial charge in [-0.25, -0.2) is 4.79 Å². The Hall–Kier alpha value is -2.52. The maximum atomic E-state index is 12.4. The second-order valence-electron chi connectivity index (χ2n) is 6.14. The van der Waals surface area contributed by atoms with E-state index in [2.05, 4.69) is 10.6 Å². The molecule has 1 aliphatic heterocycles. The number of ether oxygens (including phenoxy) is 4. The van der Waals surface area contributed by atoms with Crippen molar-refractivity contribution in [1.29, 1.82) is 0 Å². The van der Waals surface area contributed by atoms with Crippen LogP contribution in [0.15, 0.2) is 18.2 Å². The number of urea groups is 1. The number of methoxy groups -OCH3 is 2. The van der Waals surface area contributed by atoms with Crippen molar-refractivity contribution >= 4 is 17.6 Å². The number of nitrogens with zero attached hydrogens (tertiary/aromatic N) is 1. The molecule has 9 nitrogen and oxygen atoms in total. The van der Waals surface area contributed by atoms with E-state index in [1.165, 1.54) is 0 Å². The molecule has 0 radical (unpaired) electrons. The van der Waals surface area contributed by atoms with E-state index in [9.17, 15) is 9.59 Å². The highest BCUT2D eigenvalue weighted by Gasteiger charge is 2.32. The van der Waals surface area contributed by atoms with Gasteiger partial charge in [0.2, 0.25) is 5.91 Å². The van der Waals surface area contributed by atoms with Gasteiger partial charge in [-0.2, -0.15) is 0 Å². The van der Waals surface area contributed by atoms with Crippen molar-refractivity contribution in [1.82, 2.24) is 10.6 Å². The van der Waals surface area contributed by atoms with Crippen molar-refractivity contribution in [2.24, 2.45) is 0 Å². The van der Waals surface area contributed by atoms with Crippen LogP contribution in [-0.2, 0) is 14.3 Å². The van der Waals surface area contributed by atoms with Gasteiger partial charge in [0.25, 0.3) is 0 Å². The Balaban J connectivity index is 1.91. The predicted octanol–water partition coefficient (Wildman–Crippen LogP) is 1.51. The van der Waals surface area contributed by atoms with E-state index >= 15 is 0 Å². The van der Waals surface area contributed by atoms with Gasteiger partial charge in [-0.1, -0.05) is 0 Å². The van der Waals surface area contributed by atoms with Crippen LogP contribution in [0.5, 0.6) is 11.5 Å². The maximum Gasteiger partial charge on any atom is 0.315 e. The molecule has 1 saturated heterocycles. The van der Waals surface area contributed by atoms with Gasteiger partial charge in [0.15, 0.2) is 17.8 Å². The molecular weight excluding hydrogens is 366 g/mol. The summed E-state index contributed by atoms with van der Waals surface area (Å²) in [6.07, 6.45) is -0.267. The number of amides is 3. The number of rotatable bonds is 10. The lowest BCUT2D eigenvalue weighted by atomic mass is 10.2. The van der Waals surface area contributed by atoms with Gasteiger partial charge in [-0.15, -0.1) is 0 Å². The highest BCUT2D eigenvalue weighted by atomic mass is 16.7. The van der Waals surface area contributed by atoms with E-state index in [0.717, 1.165) is 0 Å². The number of hydrogen-bond acceptors (Lipinski definition) is 6. The van der Waals surface area contributed by atoms with Gasteiger partial charge in [-0.3, -0.25) is 4.79 Å². The first kappa shape index (κ1) is 21.8. The topological polar surface area (TPSA) is 98.4 Å². The third-order valence-electron chi connectivity index (χ3n) is 4.27. The van der Waals surface area contributed by atoms with E-state index < -0.39 is 6.29 Å². The predicted molar refractivity (Wildman–Crippen MR) is 104 cm³/mol. The van der Waals surface area contributed by atoms with Crippen molar-refractivity contribution < 1.29 is 28.5 Å². The number of anilines is 1. The molecule has 1 atom stereocenters. The minimum absolute atomic E-state index is 0.0703. The molecule has 0 aromatic heterocycles. The van der Waals surface area contributed by atoms with Gasteiger partial charge in [-0.05, 0) is 26.0 Å². The van der Waals surface area contributed by atoms with E-state index in [1.807, 2.05) is 13.8 Å².